The third kappa shape index (κ3) is 2.85. The van der Waals surface area contributed by atoms with Crippen LogP contribution in [0.4, 0.5) is 0 Å². The standard InChI is InChI=1S/C15H18BrNS/c1-2-15(11-17,12-6-4-3-5-7-12)9-14-8-13(16)10-18-14/h3-8,10H,2,9,11,17H2,1H3. The third-order valence-electron chi connectivity index (χ3n) is 3.59. The smallest absolute Gasteiger partial charge is 0.0285 e. The van der Waals surface area contributed by atoms with Gasteiger partial charge in [-0.05, 0) is 40.4 Å². The summed E-state index contributed by atoms with van der Waals surface area (Å²) in [6.07, 6.45) is 2.07. The van der Waals surface area contributed by atoms with Crippen LogP contribution < -0.4 is 5.73 Å². The fourth-order valence-corrected chi connectivity index (χ4v) is 3.93. The molecule has 0 radical (unpaired) electrons. The van der Waals surface area contributed by atoms with Gasteiger partial charge >= 0.3 is 0 Å². The van der Waals surface area contributed by atoms with Crippen molar-refractivity contribution in [2.75, 3.05) is 6.54 Å². The van der Waals surface area contributed by atoms with E-state index in [2.05, 4.69) is 64.6 Å². The molecule has 1 atom stereocenters. The second kappa shape index (κ2) is 6.00. The lowest BCUT2D eigenvalue weighted by molar-refractivity contribution is 0.421. The first-order valence-electron chi connectivity index (χ1n) is 6.19. The predicted octanol–water partition coefficient (Wildman–Crippen LogP) is 4.36. The van der Waals surface area contributed by atoms with E-state index in [0.717, 1.165) is 17.3 Å². The molecule has 0 bridgehead atoms. The fourth-order valence-electron chi connectivity index (χ4n) is 2.34. The maximum absolute atomic E-state index is 6.10. The van der Waals surface area contributed by atoms with Crippen LogP contribution in [-0.4, -0.2) is 6.54 Å². The van der Waals surface area contributed by atoms with Gasteiger partial charge in [0.25, 0.3) is 0 Å². The first-order chi connectivity index (χ1) is 8.70. The molecule has 1 aromatic heterocycles. The van der Waals surface area contributed by atoms with Crippen LogP contribution in [0.25, 0.3) is 0 Å². The molecular weight excluding hydrogens is 306 g/mol. The molecule has 0 aliphatic rings. The van der Waals surface area contributed by atoms with Crippen molar-refractivity contribution in [2.24, 2.45) is 5.73 Å². The highest BCUT2D eigenvalue weighted by molar-refractivity contribution is 9.10. The molecule has 2 N–H and O–H groups in total. The Morgan fingerprint density at radius 1 is 1.28 bits per heavy atom. The van der Waals surface area contributed by atoms with Gasteiger partial charge in [0.05, 0.1) is 0 Å². The van der Waals surface area contributed by atoms with Gasteiger partial charge in [-0.3, -0.25) is 0 Å². The number of thiophene rings is 1. The molecule has 1 aromatic carbocycles. The summed E-state index contributed by atoms with van der Waals surface area (Å²) in [6.45, 7) is 2.91. The van der Waals surface area contributed by atoms with Crippen LogP contribution >= 0.6 is 27.3 Å². The zero-order valence-corrected chi connectivity index (χ0v) is 12.9. The van der Waals surface area contributed by atoms with Crippen LogP contribution in [0, 0.1) is 0 Å². The van der Waals surface area contributed by atoms with Crippen LogP contribution in [0.5, 0.6) is 0 Å². The molecule has 2 aromatic rings. The third-order valence-corrected chi connectivity index (χ3v) is 5.29. The molecule has 96 valence electrons. The lowest BCUT2D eigenvalue weighted by Gasteiger charge is -2.31. The Morgan fingerprint density at radius 3 is 2.50 bits per heavy atom. The number of halogens is 1. The van der Waals surface area contributed by atoms with Crippen LogP contribution in [-0.2, 0) is 11.8 Å². The van der Waals surface area contributed by atoms with Crippen molar-refractivity contribution in [3.63, 3.8) is 0 Å². The summed E-state index contributed by atoms with van der Waals surface area (Å²) in [6, 6.07) is 12.8. The maximum Gasteiger partial charge on any atom is 0.0285 e. The molecule has 2 rings (SSSR count). The molecule has 0 saturated carbocycles. The molecule has 0 spiro atoms. The number of hydrogen-bond donors (Lipinski definition) is 1. The molecule has 0 aliphatic heterocycles. The molecule has 0 fully saturated rings. The van der Waals surface area contributed by atoms with Crippen molar-refractivity contribution < 1.29 is 0 Å². The van der Waals surface area contributed by atoms with Gasteiger partial charge in [-0.15, -0.1) is 11.3 Å². The van der Waals surface area contributed by atoms with Gasteiger partial charge in [-0.2, -0.15) is 0 Å². The Labute approximate surface area is 121 Å². The Kier molecular flexibility index (Phi) is 4.60. The fraction of sp³-hybridized carbons (Fsp3) is 0.333. The minimum absolute atomic E-state index is 0.0611. The number of nitrogens with two attached hydrogens (primary N) is 1. The SMILES string of the molecule is CCC(CN)(Cc1cc(Br)cs1)c1ccccc1. The van der Waals surface area contributed by atoms with Gasteiger partial charge in [0.15, 0.2) is 0 Å². The highest BCUT2D eigenvalue weighted by Crippen LogP contribution is 2.33. The molecular formula is C15H18BrNS. The van der Waals surface area contributed by atoms with Crippen LogP contribution in [0.3, 0.4) is 0 Å². The monoisotopic (exact) mass is 323 g/mol. The van der Waals surface area contributed by atoms with Gasteiger partial charge in [0.2, 0.25) is 0 Å². The van der Waals surface area contributed by atoms with Crippen molar-refractivity contribution in [1.29, 1.82) is 0 Å². The van der Waals surface area contributed by atoms with Crippen LogP contribution in [0.1, 0.15) is 23.8 Å². The van der Waals surface area contributed by atoms with E-state index in [-0.39, 0.29) is 5.41 Å². The van der Waals surface area contributed by atoms with E-state index in [1.54, 1.807) is 11.3 Å². The summed E-state index contributed by atoms with van der Waals surface area (Å²) in [7, 11) is 0. The summed E-state index contributed by atoms with van der Waals surface area (Å²) in [5.41, 5.74) is 7.51. The van der Waals surface area contributed by atoms with Crippen molar-refractivity contribution in [2.45, 2.75) is 25.2 Å². The topological polar surface area (TPSA) is 26.0 Å². The normalized spacial score (nSPS) is 14.4. The second-order valence-corrected chi connectivity index (χ2v) is 6.52. The van der Waals surface area contributed by atoms with Crippen molar-refractivity contribution in [1.82, 2.24) is 0 Å². The Bertz CT molecular complexity index is 488. The van der Waals surface area contributed by atoms with Gasteiger partial charge in [0.1, 0.15) is 0 Å². The van der Waals surface area contributed by atoms with E-state index in [9.17, 15) is 0 Å². The van der Waals surface area contributed by atoms with E-state index in [4.69, 9.17) is 5.73 Å². The summed E-state index contributed by atoms with van der Waals surface area (Å²) < 4.78 is 1.16. The minimum atomic E-state index is 0.0611. The van der Waals surface area contributed by atoms with Gasteiger partial charge in [-0.1, -0.05) is 37.3 Å². The van der Waals surface area contributed by atoms with E-state index in [1.807, 2.05) is 0 Å². The van der Waals surface area contributed by atoms with E-state index in [0.29, 0.717) is 6.54 Å². The highest BCUT2D eigenvalue weighted by atomic mass is 79.9. The number of rotatable bonds is 5. The molecule has 0 saturated heterocycles. The molecule has 0 amide bonds. The Morgan fingerprint density at radius 2 is 2.00 bits per heavy atom. The van der Waals surface area contributed by atoms with Crippen molar-refractivity contribution in [3.8, 4) is 0 Å². The molecule has 1 heterocycles. The summed E-state index contributed by atoms with van der Waals surface area (Å²) in [5, 5.41) is 2.14. The average molecular weight is 324 g/mol. The van der Waals surface area contributed by atoms with E-state index in [1.165, 1.54) is 10.4 Å². The molecule has 1 unspecified atom stereocenters. The Balaban J connectivity index is 2.32. The minimum Gasteiger partial charge on any atom is -0.330 e. The Hall–Kier alpha value is -0.640. The van der Waals surface area contributed by atoms with Gasteiger partial charge in [0, 0.05) is 26.7 Å². The van der Waals surface area contributed by atoms with Gasteiger partial charge < -0.3 is 5.73 Å². The zero-order valence-electron chi connectivity index (χ0n) is 10.5. The van der Waals surface area contributed by atoms with Crippen molar-refractivity contribution in [3.05, 3.63) is 56.7 Å². The second-order valence-electron chi connectivity index (χ2n) is 4.61. The average Bonchev–Trinajstić information content (AvgIpc) is 2.82. The van der Waals surface area contributed by atoms with E-state index >= 15 is 0 Å². The summed E-state index contributed by atoms with van der Waals surface area (Å²) in [4.78, 5) is 1.39. The van der Waals surface area contributed by atoms with Crippen LogP contribution in [0.15, 0.2) is 46.3 Å². The first-order valence-corrected chi connectivity index (χ1v) is 7.86. The lowest BCUT2D eigenvalue weighted by atomic mass is 9.75. The molecule has 3 heteroatoms. The summed E-state index contributed by atoms with van der Waals surface area (Å²) >= 11 is 5.32. The maximum atomic E-state index is 6.10. The van der Waals surface area contributed by atoms with Gasteiger partial charge in [-0.25, -0.2) is 0 Å². The first kappa shape index (κ1) is 13.8. The van der Waals surface area contributed by atoms with E-state index < -0.39 is 0 Å². The predicted molar refractivity (Wildman–Crippen MR) is 83.2 cm³/mol. The quantitative estimate of drug-likeness (QED) is 0.869. The molecule has 18 heavy (non-hydrogen) atoms. The van der Waals surface area contributed by atoms with Crippen molar-refractivity contribution >= 4 is 27.3 Å². The number of hydrogen-bond acceptors (Lipinski definition) is 2. The molecule has 0 aliphatic carbocycles. The number of benzene rings is 1. The zero-order chi connectivity index (χ0) is 13.0. The largest absolute Gasteiger partial charge is 0.330 e. The highest BCUT2D eigenvalue weighted by Gasteiger charge is 2.29. The summed E-state index contributed by atoms with van der Waals surface area (Å²) in [5.74, 6) is 0. The molecule has 1 nitrogen and oxygen atoms in total. The lowest BCUT2D eigenvalue weighted by Crippen LogP contribution is -2.36. The van der Waals surface area contributed by atoms with Crippen LogP contribution in [0.2, 0.25) is 0 Å².